The van der Waals surface area contributed by atoms with Crippen LogP contribution in [0.1, 0.15) is 13.3 Å². The summed E-state index contributed by atoms with van der Waals surface area (Å²) in [5, 5.41) is 11.7. The summed E-state index contributed by atoms with van der Waals surface area (Å²) < 4.78 is 5.30. The zero-order chi connectivity index (χ0) is 12.8. The van der Waals surface area contributed by atoms with Gasteiger partial charge in [-0.05, 0) is 6.92 Å². The molecule has 6 heteroatoms. The molecule has 92 valence electrons. The van der Waals surface area contributed by atoms with Gasteiger partial charge in [0.1, 0.15) is 6.33 Å². The minimum absolute atomic E-state index is 0.0634. The average molecular weight is 235 g/mol. The van der Waals surface area contributed by atoms with Gasteiger partial charge in [0.15, 0.2) is 11.6 Å². The third kappa shape index (κ3) is 2.75. The average Bonchev–Trinajstić information content (AvgIpc) is 2.36. The van der Waals surface area contributed by atoms with Crippen molar-refractivity contribution in [3.8, 4) is 11.8 Å². The second-order valence-corrected chi connectivity index (χ2v) is 3.65. The number of anilines is 2. The highest BCUT2D eigenvalue weighted by Gasteiger charge is 2.18. The number of nitrogens with zero attached hydrogens (tertiary/aromatic N) is 4. The van der Waals surface area contributed by atoms with Crippen LogP contribution in [0, 0.1) is 11.3 Å². The van der Waals surface area contributed by atoms with E-state index in [9.17, 15) is 0 Å². The van der Waals surface area contributed by atoms with E-state index >= 15 is 0 Å². The highest BCUT2D eigenvalue weighted by atomic mass is 16.5. The number of ether oxygens (including phenoxy) is 1. The Morgan fingerprint density at radius 2 is 2.29 bits per heavy atom. The number of rotatable bonds is 5. The maximum absolute atomic E-state index is 8.71. The Labute approximate surface area is 101 Å². The van der Waals surface area contributed by atoms with E-state index in [1.165, 1.54) is 6.33 Å². The lowest BCUT2D eigenvalue weighted by molar-refractivity contribution is 0.411. The van der Waals surface area contributed by atoms with Crippen molar-refractivity contribution in [2.24, 2.45) is 0 Å². The van der Waals surface area contributed by atoms with E-state index in [0.717, 1.165) is 0 Å². The van der Waals surface area contributed by atoms with Gasteiger partial charge >= 0.3 is 0 Å². The Balaban J connectivity index is 3.09. The molecule has 0 aliphatic rings. The van der Waals surface area contributed by atoms with Crippen LogP contribution in [0.5, 0.6) is 5.75 Å². The summed E-state index contributed by atoms with van der Waals surface area (Å²) >= 11 is 0. The normalized spacial score (nSPS) is 11.5. The van der Waals surface area contributed by atoms with Crippen LogP contribution in [-0.2, 0) is 0 Å². The molecule has 1 unspecified atom stereocenters. The van der Waals surface area contributed by atoms with E-state index < -0.39 is 0 Å². The second-order valence-electron chi connectivity index (χ2n) is 3.65. The van der Waals surface area contributed by atoms with Crippen LogP contribution in [0.25, 0.3) is 0 Å². The van der Waals surface area contributed by atoms with Crippen LogP contribution in [0.3, 0.4) is 0 Å². The van der Waals surface area contributed by atoms with Crippen LogP contribution in [0.4, 0.5) is 11.6 Å². The van der Waals surface area contributed by atoms with E-state index in [1.54, 1.807) is 14.2 Å². The quantitative estimate of drug-likeness (QED) is 0.828. The molecule has 0 saturated carbocycles. The number of nitriles is 1. The van der Waals surface area contributed by atoms with Crippen molar-refractivity contribution < 1.29 is 4.74 Å². The van der Waals surface area contributed by atoms with Gasteiger partial charge in [0, 0.05) is 20.1 Å². The molecular weight excluding hydrogens is 218 g/mol. The first-order valence-corrected chi connectivity index (χ1v) is 5.32. The third-order valence-electron chi connectivity index (χ3n) is 2.61. The fourth-order valence-electron chi connectivity index (χ4n) is 1.46. The number of methoxy groups -OCH3 is 1. The van der Waals surface area contributed by atoms with E-state index in [2.05, 4.69) is 21.4 Å². The van der Waals surface area contributed by atoms with Crippen molar-refractivity contribution in [3.05, 3.63) is 6.33 Å². The largest absolute Gasteiger partial charge is 0.490 e. The van der Waals surface area contributed by atoms with Gasteiger partial charge in [0.2, 0.25) is 5.75 Å². The summed E-state index contributed by atoms with van der Waals surface area (Å²) in [4.78, 5) is 10.2. The molecule has 0 amide bonds. The zero-order valence-corrected chi connectivity index (χ0v) is 10.6. The molecule has 6 nitrogen and oxygen atoms in total. The molecule has 0 aliphatic carbocycles. The summed E-state index contributed by atoms with van der Waals surface area (Å²) in [6.07, 6.45) is 1.90. The number of hydrogen-bond donors (Lipinski definition) is 1. The molecule has 1 N–H and O–H groups in total. The minimum atomic E-state index is 0.0634. The van der Waals surface area contributed by atoms with Gasteiger partial charge < -0.3 is 15.0 Å². The van der Waals surface area contributed by atoms with Crippen LogP contribution < -0.4 is 15.0 Å². The maximum atomic E-state index is 8.71. The molecule has 1 atom stereocenters. The molecule has 0 spiro atoms. The van der Waals surface area contributed by atoms with Crippen molar-refractivity contribution in [2.45, 2.75) is 19.4 Å². The first kappa shape index (κ1) is 13.0. The van der Waals surface area contributed by atoms with Crippen LogP contribution >= 0.6 is 0 Å². The van der Waals surface area contributed by atoms with Gasteiger partial charge in [-0.15, -0.1) is 0 Å². The maximum Gasteiger partial charge on any atom is 0.204 e. The Bertz CT molecular complexity index is 415. The van der Waals surface area contributed by atoms with Gasteiger partial charge in [-0.25, -0.2) is 9.97 Å². The lowest BCUT2D eigenvalue weighted by Crippen LogP contribution is -2.29. The van der Waals surface area contributed by atoms with Crippen molar-refractivity contribution >= 4 is 11.6 Å². The molecule has 17 heavy (non-hydrogen) atoms. The Kier molecular flexibility index (Phi) is 4.52. The van der Waals surface area contributed by atoms with Gasteiger partial charge in [-0.2, -0.15) is 5.26 Å². The molecule has 0 fully saturated rings. The topological polar surface area (TPSA) is 74.1 Å². The SMILES string of the molecule is CNc1ncnc(N(C)C(C)CC#N)c1OC. The number of nitrogens with one attached hydrogen (secondary N) is 1. The molecule has 0 saturated heterocycles. The van der Waals surface area contributed by atoms with Gasteiger partial charge in [0.25, 0.3) is 0 Å². The first-order chi connectivity index (χ1) is 8.15. The van der Waals surface area contributed by atoms with Gasteiger partial charge in [-0.3, -0.25) is 0 Å². The Morgan fingerprint density at radius 1 is 1.59 bits per heavy atom. The van der Waals surface area contributed by atoms with Gasteiger partial charge in [0.05, 0.1) is 19.6 Å². The predicted molar refractivity (Wildman–Crippen MR) is 66.2 cm³/mol. The number of hydrogen-bond acceptors (Lipinski definition) is 6. The van der Waals surface area contributed by atoms with Gasteiger partial charge in [-0.1, -0.05) is 0 Å². The first-order valence-electron chi connectivity index (χ1n) is 5.32. The fraction of sp³-hybridized carbons (Fsp3) is 0.545. The molecule has 1 aromatic rings. The highest BCUT2D eigenvalue weighted by molar-refractivity contribution is 5.64. The molecule has 0 bridgehead atoms. The van der Waals surface area contributed by atoms with Crippen molar-refractivity contribution in [3.63, 3.8) is 0 Å². The molecule has 1 aromatic heterocycles. The zero-order valence-electron chi connectivity index (χ0n) is 10.6. The Morgan fingerprint density at radius 3 is 2.82 bits per heavy atom. The smallest absolute Gasteiger partial charge is 0.204 e. The Hall–Kier alpha value is -2.03. The molecular formula is C11H17N5O. The van der Waals surface area contributed by atoms with E-state index in [-0.39, 0.29) is 6.04 Å². The summed E-state index contributed by atoms with van der Waals surface area (Å²) in [5.74, 6) is 1.89. The minimum Gasteiger partial charge on any atom is -0.490 e. The third-order valence-corrected chi connectivity index (χ3v) is 2.61. The summed E-state index contributed by atoms with van der Waals surface area (Å²) in [6.45, 7) is 1.96. The van der Waals surface area contributed by atoms with E-state index in [4.69, 9.17) is 10.00 Å². The van der Waals surface area contributed by atoms with Crippen LogP contribution in [0.2, 0.25) is 0 Å². The van der Waals surface area contributed by atoms with E-state index in [1.807, 2.05) is 18.9 Å². The molecule has 0 radical (unpaired) electrons. The lowest BCUT2D eigenvalue weighted by atomic mass is 10.2. The molecule has 1 rings (SSSR count). The molecule has 0 aliphatic heterocycles. The van der Waals surface area contributed by atoms with Crippen molar-refractivity contribution in [1.29, 1.82) is 5.26 Å². The number of aromatic nitrogens is 2. The highest BCUT2D eigenvalue weighted by Crippen LogP contribution is 2.31. The summed E-state index contributed by atoms with van der Waals surface area (Å²) in [6, 6.07) is 2.21. The fourth-order valence-corrected chi connectivity index (χ4v) is 1.46. The molecule has 1 heterocycles. The van der Waals surface area contributed by atoms with E-state index in [0.29, 0.717) is 23.8 Å². The second kappa shape index (κ2) is 5.89. The lowest BCUT2D eigenvalue weighted by Gasteiger charge is -2.25. The predicted octanol–water partition coefficient (Wildman–Crippen LogP) is 1.27. The molecule has 0 aromatic carbocycles. The summed E-state index contributed by atoms with van der Waals surface area (Å²) in [5.41, 5.74) is 0. The van der Waals surface area contributed by atoms with Crippen LogP contribution in [0.15, 0.2) is 6.33 Å². The van der Waals surface area contributed by atoms with Crippen LogP contribution in [-0.4, -0.2) is 37.2 Å². The van der Waals surface area contributed by atoms with Crippen molar-refractivity contribution in [2.75, 3.05) is 31.4 Å². The summed E-state index contributed by atoms with van der Waals surface area (Å²) in [7, 11) is 5.23. The van der Waals surface area contributed by atoms with Crippen molar-refractivity contribution in [1.82, 2.24) is 9.97 Å². The standard InChI is InChI=1S/C11H17N5O/c1-8(5-6-12)16(3)11-9(17-4)10(13-2)14-7-15-11/h7-8H,5H2,1-4H3,(H,13,14,15). The monoisotopic (exact) mass is 235 g/mol.